The van der Waals surface area contributed by atoms with Crippen molar-refractivity contribution in [2.24, 2.45) is 0 Å². The minimum absolute atomic E-state index is 0.583. The van der Waals surface area contributed by atoms with Crippen LogP contribution in [0, 0.1) is 6.92 Å². The first kappa shape index (κ1) is 12.0. The van der Waals surface area contributed by atoms with E-state index in [9.17, 15) is 0 Å². The van der Waals surface area contributed by atoms with Crippen LogP contribution in [0.3, 0.4) is 0 Å². The second-order valence-electron chi connectivity index (χ2n) is 3.39. The fourth-order valence-corrected chi connectivity index (χ4v) is 2.78. The molecule has 0 atom stereocenters. The van der Waals surface area contributed by atoms with E-state index in [1.807, 2.05) is 36.6 Å². The van der Waals surface area contributed by atoms with Crippen LogP contribution in [0.25, 0.3) is 0 Å². The third-order valence-electron chi connectivity index (χ3n) is 2.19. The van der Waals surface area contributed by atoms with E-state index in [1.54, 1.807) is 11.3 Å². The molecule has 0 fully saturated rings. The molecule has 1 aromatic carbocycles. The highest BCUT2D eigenvalue weighted by atomic mass is 79.9. The first-order valence-corrected chi connectivity index (χ1v) is 6.82. The van der Waals surface area contributed by atoms with Gasteiger partial charge in [0.15, 0.2) is 0 Å². The van der Waals surface area contributed by atoms with Crippen molar-refractivity contribution < 1.29 is 4.74 Å². The van der Waals surface area contributed by atoms with Crippen molar-refractivity contribution in [3.05, 3.63) is 49.6 Å². The number of rotatable bonds is 3. The van der Waals surface area contributed by atoms with Crippen LogP contribution < -0.4 is 4.74 Å². The monoisotopic (exact) mass is 316 g/mol. The predicted octanol–water partition coefficient (Wildman–Crippen LogP) is 5.05. The maximum Gasteiger partial charge on any atom is 0.124 e. The van der Waals surface area contributed by atoms with E-state index in [4.69, 9.17) is 16.3 Å². The van der Waals surface area contributed by atoms with Gasteiger partial charge in [-0.3, -0.25) is 0 Å². The Morgan fingerprint density at radius 3 is 2.81 bits per heavy atom. The number of aryl methyl sites for hydroxylation is 1. The van der Waals surface area contributed by atoms with Gasteiger partial charge < -0.3 is 4.74 Å². The third kappa shape index (κ3) is 2.78. The molecule has 0 aliphatic heterocycles. The van der Waals surface area contributed by atoms with Gasteiger partial charge in [-0.05, 0) is 58.1 Å². The molecule has 2 aromatic rings. The fraction of sp³-hybridized carbons (Fsp3) is 0.167. The molecular formula is C12H10BrClOS. The topological polar surface area (TPSA) is 9.23 Å². The maximum atomic E-state index is 5.94. The number of hydrogen-bond acceptors (Lipinski definition) is 2. The molecule has 0 aliphatic carbocycles. The molecule has 4 heteroatoms. The summed E-state index contributed by atoms with van der Waals surface area (Å²) in [6.07, 6.45) is 0. The van der Waals surface area contributed by atoms with Crippen LogP contribution in [0.4, 0.5) is 0 Å². The zero-order chi connectivity index (χ0) is 11.5. The summed E-state index contributed by atoms with van der Waals surface area (Å²) >= 11 is 11.1. The van der Waals surface area contributed by atoms with E-state index in [0.717, 1.165) is 20.8 Å². The Kier molecular flexibility index (Phi) is 3.90. The van der Waals surface area contributed by atoms with E-state index in [2.05, 4.69) is 15.9 Å². The summed E-state index contributed by atoms with van der Waals surface area (Å²) in [7, 11) is 0. The van der Waals surface area contributed by atoms with Crippen molar-refractivity contribution in [2.45, 2.75) is 13.5 Å². The lowest BCUT2D eigenvalue weighted by Gasteiger charge is -2.06. The molecule has 0 saturated heterocycles. The van der Waals surface area contributed by atoms with E-state index in [-0.39, 0.29) is 0 Å². The SMILES string of the molecule is Cc1cc(OCc2sccc2Br)ccc1Cl. The molecular weight excluding hydrogens is 308 g/mol. The summed E-state index contributed by atoms with van der Waals surface area (Å²) in [4.78, 5) is 1.19. The highest BCUT2D eigenvalue weighted by Gasteiger charge is 2.03. The van der Waals surface area contributed by atoms with Gasteiger partial charge in [0, 0.05) is 9.50 Å². The number of ether oxygens (including phenoxy) is 1. The number of thiophene rings is 1. The summed E-state index contributed by atoms with van der Waals surface area (Å²) in [6.45, 7) is 2.55. The zero-order valence-electron chi connectivity index (χ0n) is 8.67. The molecule has 0 N–H and O–H groups in total. The molecule has 1 aromatic heterocycles. The predicted molar refractivity (Wildman–Crippen MR) is 72.5 cm³/mol. The second kappa shape index (κ2) is 5.21. The lowest BCUT2D eigenvalue weighted by atomic mass is 10.2. The van der Waals surface area contributed by atoms with Crippen molar-refractivity contribution in [3.63, 3.8) is 0 Å². The Morgan fingerprint density at radius 2 is 2.19 bits per heavy atom. The molecule has 16 heavy (non-hydrogen) atoms. The molecule has 0 amide bonds. The molecule has 2 rings (SSSR count). The van der Waals surface area contributed by atoms with E-state index in [1.165, 1.54) is 4.88 Å². The van der Waals surface area contributed by atoms with Crippen LogP contribution in [-0.4, -0.2) is 0 Å². The first-order valence-electron chi connectivity index (χ1n) is 4.77. The van der Waals surface area contributed by atoms with Crippen LogP contribution in [0.15, 0.2) is 34.1 Å². The Bertz CT molecular complexity index is 496. The Balaban J connectivity index is 2.05. The van der Waals surface area contributed by atoms with E-state index < -0.39 is 0 Å². The van der Waals surface area contributed by atoms with Crippen molar-refractivity contribution >= 4 is 38.9 Å². The molecule has 1 heterocycles. The molecule has 0 saturated carbocycles. The quantitative estimate of drug-likeness (QED) is 0.769. The lowest BCUT2D eigenvalue weighted by Crippen LogP contribution is -1.93. The van der Waals surface area contributed by atoms with Crippen molar-refractivity contribution in [3.8, 4) is 5.75 Å². The van der Waals surface area contributed by atoms with Crippen molar-refractivity contribution in [2.75, 3.05) is 0 Å². The Morgan fingerprint density at radius 1 is 1.38 bits per heavy atom. The molecule has 0 aliphatic rings. The normalized spacial score (nSPS) is 10.4. The van der Waals surface area contributed by atoms with Gasteiger partial charge in [-0.25, -0.2) is 0 Å². The van der Waals surface area contributed by atoms with Crippen LogP contribution in [0.1, 0.15) is 10.4 Å². The van der Waals surface area contributed by atoms with E-state index >= 15 is 0 Å². The highest BCUT2D eigenvalue weighted by molar-refractivity contribution is 9.10. The maximum absolute atomic E-state index is 5.94. The Hall–Kier alpha value is -0.510. The molecule has 0 radical (unpaired) electrons. The van der Waals surface area contributed by atoms with Crippen LogP contribution in [-0.2, 0) is 6.61 Å². The lowest BCUT2D eigenvalue weighted by molar-refractivity contribution is 0.309. The minimum atomic E-state index is 0.583. The van der Waals surface area contributed by atoms with Gasteiger partial charge in [-0.15, -0.1) is 11.3 Å². The first-order chi connectivity index (χ1) is 7.66. The number of benzene rings is 1. The average molecular weight is 318 g/mol. The highest BCUT2D eigenvalue weighted by Crippen LogP contribution is 2.26. The van der Waals surface area contributed by atoms with Gasteiger partial charge in [-0.1, -0.05) is 11.6 Å². The summed E-state index contributed by atoms with van der Waals surface area (Å²) in [5.74, 6) is 0.849. The molecule has 0 spiro atoms. The fourth-order valence-electron chi connectivity index (χ4n) is 1.28. The smallest absolute Gasteiger partial charge is 0.124 e. The summed E-state index contributed by atoms with van der Waals surface area (Å²) in [6, 6.07) is 7.72. The van der Waals surface area contributed by atoms with Gasteiger partial charge in [0.1, 0.15) is 12.4 Å². The van der Waals surface area contributed by atoms with Crippen LogP contribution >= 0.6 is 38.9 Å². The Labute approximate surface area is 112 Å². The van der Waals surface area contributed by atoms with E-state index in [0.29, 0.717) is 6.61 Å². The van der Waals surface area contributed by atoms with Gasteiger partial charge in [-0.2, -0.15) is 0 Å². The zero-order valence-corrected chi connectivity index (χ0v) is 11.8. The summed E-state index contributed by atoms with van der Waals surface area (Å²) in [5.41, 5.74) is 1.03. The van der Waals surface area contributed by atoms with Gasteiger partial charge in [0.2, 0.25) is 0 Å². The van der Waals surface area contributed by atoms with Gasteiger partial charge >= 0.3 is 0 Å². The number of hydrogen-bond donors (Lipinski definition) is 0. The average Bonchev–Trinajstić information content (AvgIpc) is 2.66. The molecule has 84 valence electrons. The standard InChI is InChI=1S/C12H10BrClOS/c1-8-6-9(2-3-11(8)14)15-7-12-10(13)4-5-16-12/h2-6H,7H2,1H3. The van der Waals surface area contributed by atoms with Crippen LogP contribution in [0.2, 0.25) is 5.02 Å². The molecule has 0 bridgehead atoms. The number of halogens is 2. The van der Waals surface area contributed by atoms with Gasteiger partial charge in [0.05, 0.1) is 4.88 Å². The van der Waals surface area contributed by atoms with Crippen LogP contribution in [0.5, 0.6) is 5.75 Å². The third-order valence-corrected chi connectivity index (χ3v) is 4.51. The van der Waals surface area contributed by atoms with Gasteiger partial charge in [0.25, 0.3) is 0 Å². The summed E-state index contributed by atoms with van der Waals surface area (Å²) in [5, 5.41) is 2.81. The summed E-state index contributed by atoms with van der Waals surface area (Å²) < 4.78 is 6.79. The van der Waals surface area contributed by atoms with Crippen molar-refractivity contribution in [1.82, 2.24) is 0 Å². The molecule has 0 unspecified atom stereocenters. The van der Waals surface area contributed by atoms with Crippen molar-refractivity contribution in [1.29, 1.82) is 0 Å². The molecule has 1 nitrogen and oxygen atoms in total. The second-order valence-corrected chi connectivity index (χ2v) is 5.65. The largest absolute Gasteiger partial charge is 0.488 e. The minimum Gasteiger partial charge on any atom is -0.488 e.